The van der Waals surface area contributed by atoms with E-state index in [1.807, 2.05) is 0 Å². The molecular weight excluding hydrogens is 149 g/mol. The summed E-state index contributed by atoms with van der Waals surface area (Å²) in [5.74, 6) is 0.255. The van der Waals surface area contributed by atoms with E-state index in [0.717, 1.165) is 0 Å². The van der Waals surface area contributed by atoms with Crippen molar-refractivity contribution < 1.29 is 13.9 Å². The zero-order chi connectivity index (χ0) is 7.90. The van der Waals surface area contributed by atoms with Gasteiger partial charge in [0.15, 0.2) is 0 Å². The highest BCUT2D eigenvalue weighted by atomic mass is 19.1. The van der Waals surface area contributed by atoms with E-state index in [-0.39, 0.29) is 11.6 Å². The lowest BCUT2D eigenvalue weighted by atomic mass is 10.3. The topological polar surface area (TPSA) is 46.3 Å². The molecule has 11 heavy (non-hydrogen) atoms. The SMILES string of the molecule is OC1(c2nc(CF)co2)CC1. The predicted octanol–water partition coefficient (Wildman–Crippen LogP) is 1.13. The molecule has 1 aromatic heterocycles. The van der Waals surface area contributed by atoms with Crippen molar-refractivity contribution >= 4 is 0 Å². The first-order valence-corrected chi connectivity index (χ1v) is 3.48. The van der Waals surface area contributed by atoms with E-state index in [0.29, 0.717) is 12.8 Å². The summed E-state index contributed by atoms with van der Waals surface area (Å²) in [7, 11) is 0. The molecule has 1 N–H and O–H groups in total. The van der Waals surface area contributed by atoms with Gasteiger partial charge in [-0.3, -0.25) is 0 Å². The molecule has 4 heteroatoms. The number of halogens is 1. The van der Waals surface area contributed by atoms with Gasteiger partial charge in [0.25, 0.3) is 0 Å². The number of rotatable bonds is 2. The first-order valence-electron chi connectivity index (χ1n) is 3.48. The van der Waals surface area contributed by atoms with Crippen LogP contribution in [0.2, 0.25) is 0 Å². The number of hydrogen-bond acceptors (Lipinski definition) is 3. The zero-order valence-electron chi connectivity index (χ0n) is 5.88. The van der Waals surface area contributed by atoms with Crippen molar-refractivity contribution in [1.29, 1.82) is 0 Å². The van der Waals surface area contributed by atoms with E-state index < -0.39 is 12.3 Å². The number of aromatic nitrogens is 1. The van der Waals surface area contributed by atoms with Crippen LogP contribution in [0.4, 0.5) is 4.39 Å². The second-order valence-corrected chi connectivity index (χ2v) is 2.81. The Kier molecular flexibility index (Phi) is 1.26. The number of alkyl halides is 1. The summed E-state index contributed by atoms with van der Waals surface area (Å²) in [6, 6.07) is 0. The highest BCUT2D eigenvalue weighted by Gasteiger charge is 2.46. The molecule has 0 amide bonds. The van der Waals surface area contributed by atoms with Gasteiger partial charge < -0.3 is 9.52 Å². The minimum Gasteiger partial charge on any atom is -0.446 e. The summed E-state index contributed by atoms with van der Waals surface area (Å²) in [6.45, 7) is -0.639. The number of oxazole rings is 1. The maximum atomic E-state index is 11.9. The molecule has 0 unspecified atom stereocenters. The third-order valence-electron chi connectivity index (χ3n) is 1.81. The molecule has 1 fully saturated rings. The Morgan fingerprint density at radius 3 is 2.91 bits per heavy atom. The molecule has 0 atom stereocenters. The fourth-order valence-corrected chi connectivity index (χ4v) is 0.914. The van der Waals surface area contributed by atoms with Gasteiger partial charge in [0.2, 0.25) is 5.89 Å². The Bertz CT molecular complexity index is 267. The maximum Gasteiger partial charge on any atom is 0.226 e. The van der Waals surface area contributed by atoms with Crippen molar-refractivity contribution in [2.45, 2.75) is 25.1 Å². The smallest absolute Gasteiger partial charge is 0.226 e. The lowest BCUT2D eigenvalue weighted by molar-refractivity contribution is 0.117. The number of nitrogens with zero attached hydrogens (tertiary/aromatic N) is 1. The molecular formula is C7H8FNO2. The van der Waals surface area contributed by atoms with Crippen molar-refractivity contribution in [1.82, 2.24) is 4.98 Å². The Balaban J connectivity index is 2.25. The van der Waals surface area contributed by atoms with Crippen molar-refractivity contribution in [3.8, 4) is 0 Å². The molecule has 1 aliphatic rings. The molecule has 3 nitrogen and oxygen atoms in total. The minimum absolute atomic E-state index is 0.250. The summed E-state index contributed by atoms with van der Waals surface area (Å²) in [5, 5.41) is 9.43. The molecule has 1 aliphatic carbocycles. The summed E-state index contributed by atoms with van der Waals surface area (Å²) in [6.07, 6.45) is 2.57. The number of aliphatic hydroxyl groups is 1. The third kappa shape index (κ3) is 1.03. The molecule has 0 radical (unpaired) electrons. The first-order chi connectivity index (χ1) is 5.24. The van der Waals surface area contributed by atoms with Gasteiger partial charge in [0.05, 0.1) is 0 Å². The molecule has 0 saturated heterocycles. The van der Waals surface area contributed by atoms with E-state index >= 15 is 0 Å². The molecule has 0 aromatic carbocycles. The molecule has 60 valence electrons. The first kappa shape index (κ1) is 6.79. The summed E-state index contributed by atoms with van der Waals surface area (Å²) in [4.78, 5) is 3.77. The Labute approximate surface area is 62.9 Å². The molecule has 0 spiro atoms. The van der Waals surface area contributed by atoms with Gasteiger partial charge in [-0.25, -0.2) is 9.37 Å². The van der Waals surface area contributed by atoms with Crippen LogP contribution in [0.25, 0.3) is 0 Å². The van der Waals surface area contributed by atoms with Crippen LogP contribution in [0, 0.1) is 0 Å². The average Bonchev–Trinajstić information content (AvgIpc) is 2.61. The largest absolute Gasteiger partial charge is 0.446 e. The molecule has 1 saturated carbocycles. The van der Waals surface area contributed by atoms with Gasteiger partial charge >= 0.3 is 0 Å². The van der Waals surface area contributed by atoms with E-state index in [1.54, 1.807) is 0 Å². The highest BCUT2D eigenvalue weighted by molar-refractivity contribution is 5.10. The molecule has 1 heterocycles. The normalized spacial score (nSPS) is 20.2. The van der Waals surface area contributed by atoms with Gasteiger partial charge in [-0.2, -0.15) is 0 Å². The molecule has 0 aliphatic heterocycles. The van der Waals surface area contributed by atoms with Crippen LogP contribution in [-0.4, -0.2) is 10.1 Å². The Hall–Kier alpha value is -0.900. The molecule has 0 bridgehead atoms. The minimum atomic E-state index is -0.882. The lowest BCUT2D eigenvalue weighted by Crippen LogP contribution is -2.04. The summed E-state index contributed by atoms with van der Waals surface area (Å²) in [5.41, 5.74) is -0.631. The van der Waals surface area contributed by atoms with Crippen LogP contribution in [-0.2, 0) is 12.3 Å². The van der Waals surface area contributed by atoms with E-state index in [4.69, 9.17) is 4.42 Å². The monoisotopic (exact) mass is 157 g/mol. The predicted molar refractivity (Wildman–Crippen MR) is 34.4 cm³/mol. The van der Waals surface area contributed by atoms with Gasteiger partial charge in [-0.05, 0) is 12.8 Å². The highest BCUT2D eigenvalue weighted by Crippen LogP contribution is 2.44. The molecule has 1 aromatic rings. The number of hydrogen-bond donors (Lipinski definition) is 1. The fourth-order valence-electron chi connectivity index (χ4n) is 0.914. The lowest BCUT2D eigenvalue weighted by Gasteiger charge is -1.97. The third-order valence-corrected chi connectivity index (χ3v) is 1.81. The van der Waals surface area contributed by atoms with Crippen LogP contribution < -0.4 is 0 Å². The summed E-state index contributed by atoms with van der Waals surface area (Å²) >= 11 is 0. The average molecular weight is 157 g/mol. The Morgan fingerprint density at radius 1 is 1.73 bits per heavy atom. The Morgan fingerprint density at radius 2 is 2.45 bits per heavy atom. The van der Waals surface area contributed by atoms with E-state index in [2.05, 4.69) is 4.98 Å². The van der Waals surface area contributed by atoms with Crippen LogP contribution in [0.1, 0.15) is 24.4 Å². The van der Waals surface area contributed by atoms with Crippen LogP contribution in [0.15, 0.2) is 10.7 Å². The van der Waals surface area contributed by atoms with E-state index in [1.165, 1.54) is 6.26 Å². The standard InChI is InChI=1S/C7H8FNO2/c8-3-5-4-11-6(9-5)7(10)1-2-7/h4,10H,1-3H2. The fraction of sp³-hybridized carbons (Fsp3) is 0.571. The van der Waals surface area contributed by atoms with Crippen molar-refractivity contribution in [2.75, 3.05) is 0 Å². The van der Waals surface area contributed by atoms with Crippen molar-refractivity contribution in [2.24, 2.45) is 0 Å². The molecule has 2 rings (SSSR count). The van der Waals surface area contributed by atoms with Gasteiger partial charge in [-0.15, -0.1) is 0 Å². The summed E-state index contributed by atoms with van der Waals surface area (Å²) < 4.78 is 16.8. The second kappa shape index (κ2) is 2.04. The van der Waals surface area contributed by atoms with Gasteiger partial charge in [-0.1, -0.05) is 0 Å². The van der Waals surface area contributed by atoms with Crippen molar-refractivity contribution in [3.05, 3.63) is 17.8 Å². The second-order valence-electron chi connectivity index (χ2n) is 2.81. The van der Waals surface area contributed by atoms with E-state index in [9.17, 15) is 9.50 Å². The maximum absolute atomic E-state index is 11.9. The van der Waals surface area contributed by atoms with Crippen LogP contribution in [0.3, 0.4) is 0 Å². The quantitative estimate of drug-likeness (QED) is 0.699. The van der Waals surface area contributed by atoms with Crippen molar-refractivity contribution in [3.63, 3.8) is 0 Å². The van der Waals surface area contributed by atoms with Gasteiger partial charge in [0.1, 0.15) is 24.2 Å². The van der Waals surface area contributed by atoms with Gasteiger partial charge in [0, 0.05) is 0 Å². The van der Waals surface area contributed by atoms with Crippen LogP contribution in [0.5, 0.6) is 0 Å². The zero-order valence-corrected chi connectivity index (χ0v) is 5.88. The van der Waals surface area contributed by atoms with Crippen LogP contribution >= 0.6 is 0 Å².